The van der Waals surface area contributed by atoms with Crippen molar-refractivity contribution in [3.05, 3.63) is 66.0 Å². The number of rotatable bonds is 13. The van der Waals surface area contributed by atoms with Crippen molar-refractivity contribution in [3.8, 4) is 0 Å². The number of unbranched alkanes of at least 4 members (excludes halogenated alkanes) is 5. The van der Waals surface area contributed by atoms with Gasteiger partial charge in [-0.15, -0.1) is 0 Å². The van der Waals surface area contributed by atoms with E-state index in [1.54, 1.807) is 0 Å². The Morgan fingerprint density at radius 2 is 1.63 bits per heavy atom. The molecular weight excluding hydrogens is 370 g/mol. The van der Waals surface area contributed by atoms with Crippen LogP contribution in [0.2, 0.25) is 0 Å². The number of carbonyl (C=O) groups is 1. The molecule has 1 amide bonds. The Morgan fingerprint density at radius 1 is 0.900 bits per heavy atom. The van der Waals surface area contributed by atoms with E-state index in [-0.39, 0.29) is 5.91 Å². The zero-order valence-corrected chi connectivity index (χ0v) is 18.3. The molecule has 4 nitrogen and oxygen atoms in total. The average Bonchev–Trinajstić information content (AvgIpc) is 3.12. The van der Waals surface area contributed by atoms with Gasteiger partial charge < -0.3 is 9.88 Å². The van der Waals surface area contributed by atoms with Crippen molar-refractivity contribution in [2.24, 2.45) is 0 Å². The molecule has 0 radical (unpaired) electrons. The second-order valence-electron chi connectivity index (χ2n) is 8.05. The van der Waals surface area contributed by atoms with Crippen LogP contribution in [0.5, 0.6) is 0 Å². The lowest BCUT2D eigenvalue weighted by Gasteiger charge is -2.10. The highest BCUT2D eigenvalue weighted by Crippen LogP contribution is 2.18. The lowest BCUT2D eigenvalue weighted by Crippen LogP contribution is -2.26. The lowest BCUT2D eigenvalue weighted by atomic mass is 10.1. The van der Waals surface area contributed by atoms with Crippen LogP contribution in [0.3, 0.4) is 0 Å². The van der Waals surface area contributed by atoms with Gasteiger partial charge in [0.05, 0.1) is 17.5 Å². The van der Waals surface area contributed by atoms with Crippen LogP contribution in [0.1, 0.15) is 63.3 Å². The largest absolute Gasteiger partial charge is 0.356 e. The van der Waals surface area contributed by atoms with Crippen molar-refractivity contribution in [2.75, 3.05) is 6.54 Å². The molecule has 2 aromatic carbocycles. The zero-order chi connectivity index (χ0) is 21.0. The molecule has 0 spiro atoms. The second kappa shape index (κ2) is 12.2. The molecular formula is C26H35N3O. The lowest BCUT2D eigenvalue weighted by molar-refractivity contribution is -0.120. The van der Waals surface area contributed by atoms with Gasteiger partial charge in [0.1, 0.15) is 5.82 Å². The fraction of sp³-hybridized carbons (Fsp3) is 0.462. The first-order valence-corrected chi connectivity index (χ1v) is 11.5. The van der Waals surface area contributed by atoms with E-state index >= 15 is 0 Å². The predicted octanol–water partition coefficient (Wildman–Crippen LogP) is 5.69. The average molecular weight is 406 g/mol. The number of fused-ring (bicyclic) bond motifs is 1. The number of aryl methyl sites for hydroxylation is 2. The topological polar surface area (TPSA) is 46.9 Å². The van der Waals surface area contributed by atoms with Gasteiger partial charge in [-0.1, -0.05) is 81.5 Å². The highest BCUT2D eigenvalue weighted by atomic mass is 16.1. The molecule has 0 bridgehead atoms. The van der Waals surface area contributed by atoms with Gasteiger partial charge in [0.25, 0.3) is 0 Å². The van der Waals surface area contributed by atoms with Gasteiger partial charge in [-0.25, -0.2) is 4.98 Å². The minimum absolute atomic E-state index is 0.0850. The molecule has 0 saturated carbocycles. The monoisotopic (exact) mass is 405 g/mol. The quantitative estimate of drug-likeness (QED) is 0.371. The minimum Gasteiger partial charge on any atom is -0.356 e. The first-order valence-electron chi connectivity index (χ1n) is 11.5. The van der Waals surface area contributed by atoms with E-state index in [2.05, 4.69) is 41.1 Å². The molecule has 4 heteroatoms. The van der Waals surface area contributed by atoms with Crippen molar-refractivity contribution >= 4 is 16.9 Å². The van der Waals surface area contributed by atoms with Crippen molar-refractivity contribution in [1.82, 2.24) is 14.9 Å². The number of hydrogen-bond donors (Lipinski definition) is 1. The number of amides is 1. The van der Waals surface area contributed by atoms with E-state index in [9.17, 15) is 4.79 Å². The Hall–Kier alpha value is -2.62. The summed E-state index contributed by atoms with van der Waals surface area (Å²) in [5.41, 5.74) is 3.36. The Balaban J connectivity index is 1.49. The number of nitrogens with zero attached hydrogens (tertiary/aromatic N) is 2. The summed E-state index contributed by atoms with van der Waals surface area (Å²) >= 11 is 0. The maximum absolute atomic E-state index is 12.1. The first-order chi connectivity index (χ1) is 14.8. The summed E-state index contributed by atoms with van der Waals surface area (Å²) < 4.78 is 2.39. The van der Waals surface area contributed by atoms with Crippen LogP contribution >= 0.6 is 0 Å². The summed E-state index contributed by atoms with van der Waals surface area (Å²) in [5, 5.41) is 3.05. The molecule has 1 aromatic heterocycles. The summed E-state index contributed by atoms with van der Waals surface area (Å²) in [5.74, 6) is 1.23. The first kappa shape index (κ1) is 22.1. The van der Waals surface area contributed by atoms with E-state index in [1.165, 1.54) is 44.0 Å². The van der Waals surface area contributed by atoms with Crippen molar-refractivity contribution in [3.63, 3.8) is 0 Å². The molecule has 0 atom stereocenters. The van der Waals surface area contributed by atoms with Crippen molar-refractivity contribution in [1.29, 1.82) is 0 Å². The van der Waals surface area contributed by atoms with E-state index in [0.717, 1.165) is 36.3 Å². The van der Waals surface area contributed by atoms with Crippen LogP contribution in [0.15, 0.2) is 54.6 Å². The van der Waals surface area contributed by atoms with Gasteiger partial charge >= 0.3 is 0 Å². The Bertz CT molecular complexity index is 901. The number of carbonyl (C=O) groups excluding carboxylic acids is 1. The minimum atomic E-state index is 0.0850. The normalized spacial score (nSPS) is 11.1. The Morgan fingerprint density at radius 3 is 2.47 bits per heavy atom. The van der Waals surface area contributed by atoms with Crippen LogP contribution in [0, 0.1) is 0 Å². The number of imidazole rings is 1. The number of hydrogen-bond acceptors (Lipinski definition) is 2. The van der Waals surface area contributed by atoms with Gasteiger partial charge in [-0.2, -0.15) is 0 Å². The SMILES string of the molecule is CCCCCCCCn1c(CCCNC(=O)Cc2ccccc2)nc2ccccc21. The number of aromatic nitrogens is 2. The molecule has 3 aromatic rings. The summed E-state index contributed by atoms with van der Waals surface area (Å²) in [6.07, 6.45) is 10.0. The summed E-state index contributed by atoms with van der Waals surface area (Å²) in [7, 11) is 0. The van der Waals surface area contributed by atoms with Gasteiger partial charge in [0.15, 0.2) is 0 Å². The molecule has 30 heavy (non-hydrogen) atoms. The van der Waals surface area contributed by atoms with E-state index < -0.39 is 0 Å². The molecule has 3 rings (SSSR count). The molecule has 0 aliphatic heterocycles. The van der Waals surface area contributed by atoms with Crippen LogP contribution in [0.25, 0.3) is 11.0 Å². The fourth-order valence-electron chi connectivity index (χ4n) is 3.93. The van der Waals surface area contributed by atoms with Gasteiger partial charge in [0, 0.05) is 19.5 Å². The van der Waals surface area contributed by atoms with E-state index in [0.29, 0.717) is 13.0 Å². The third-order valence-corrected chi connectivity index (χ3v) is 5.58. The van der Waals surface area contributed by atoms with Gasteiger partial charge in [-0.05, 0) is 30.5 Å². The summed E-state index contributed by atoms with van der Waals surface area (Å²) in [6.45, 7) is 3.97. The summed E-state index contributed by atoms with van der Waals surface area (Å²) in [4.78, 5) is 17.0. The van der Waals surface area contributed by atoms with Crippen molar-refractivity contribution in [2.45, 2.75) is 71.3 Å². The molecule has 160 valence electrons. The molecule has 0 fully saturated rings. The number of benzene rings is 2. The van der Waals surface area contributed by atoms with E-state index in [1.807, 2.05) is 30.3 Å². The smallest absolute Gasteiger partial charge is 0.224 e. The standard InChI is InChI=1S/C26H35N3O/c1-2-3-4-5-6-12-20-29-24-17-11-10-16-23(24)28-25(29)18-13-19-27-26(30)21-22-14-8-7-9-15-22/h7-11,14-17H,2-6,12-13,18-21H2,1H3,(H,27,30). The van der Waals surface area contributed by atoms with Gasteiger partial charge in [0.2, 0.25) is 5.91 Å². The highest BCUT2D eigenvalue weighted by Gasteiger charge is 2.10. The maximum Gasteiger partial charge on any atom is 0.224 e. The molecule has 0 aliphatic carbocycles. The Kier molecular flexibility index (Phi) is 8.95. The molecule has 0 saturated heterocycles. The fourth-order valence-corrected chi connectivity index (χ4v) is 3.93. The third kappa shape index (κ3) is 6.72. The van der Waals surface area contributed by atoms with Crippen LogP contribution in [0.4, 0.5) is 0 Å². The van der Waals surface area contributed by atoms with Crippen LogP contribution < -0.4 is 5.32 Å². The third-order valence-electron chi connectivity index (χ3n) is 5.58. The summed E-state index contributed by atoms with van der Waals surface area (Å²) in [6, 6.07) is 18.3. The van der Waals surface area contributed by atoms with Crippen molar-refractivity contribution < 1.29 is 4.79 Å². The Labute approximate surface area is 180 Å². The number of para-hydroxylation sites is 2. The number of nitrogens with one attached hydrogen (secondary N) is 1. The predicted molar refractivity (Wildman–Crippen MR) is 125 cm³/mol. The molecule has 1 N–H and O–H groups in total. The second-order valence-corrected chi connectivity index (χ2v) is 8.05. The molecule has 0 unspecified atom stereocenters. The van der Waals surface area contributed by atoms with E-state index in [4.69, 9.17) is 4.98 Å². The van der Waals surface area contributed by atoms with Crippen LogP contribution in [-0.2, 0) is 24.2 Å². The zero-order valence-electron chi connectivity index (χ0n) is 18.3. The van der Waals surface area contributed by atoms with Gasteiger partial charge in [-0.3, -0.25) is 4.79 Å². The van der Waals surface area contributed by atoms with Crippen LogP contribution in [-0.4, -0.2) is 22.0 Å². The molecule has 0 aliphatic rings. The molecule has 1 heterocycles. The highest BCUT2D eigenvalue weighted by molar-refractivity contribution is 5.78. The maximum atomic E-state index is 12.1.